The molecule has 1 aliphatic heterocycles. The Kier molecular flexibility index (Phi) is 5.07. The Morgan fingerprint density at radius 2 is 1.92 bits per heavy atom. The van der Waals surface area contributed by atoms with Crippen LogP contribution >= 0.6 is 22.6 Å². The summed E-state index contributed by atoms with van der Waals surface area (Å²) >= 11 is 0.937. The molecule has 0 N–H and O–H groups in total. The Bertz CT molecular complexity index is 733. The third kappa shape index (κ3) is 3.71. The van der Waals surface area contributed by atoms with Crippen molar-refractivity contribution >= 4 is 22.6 Å². The van der Waals surface area contributed by atoms with Crippen LogP contribution in [0.1, 0.15) is 17.5 Å². The molecule has 1 aliphatic rings. The Balaban J connectivity index is 1.79. The van der Waals surface area contributed by atoms with Crippen LogP contribution in [0.3, 0.4) is 0 Å². The van der Waals surface area contributed by atoms with E-state index in [4.69, 9.17) is 4.74 Å². The standard InChI is InChI=1S/C15H13F2IN4O2/c16-15(17,18)14-20-13(21-24-14)11-3-1-10(2-4-11)12(9-19)22-5-7-23-8-6-22/h1-4,12H,5-8H2. The number of benzene rings is 1. The summed E-state index contributed by atoms with van der Waals surface area (Å²) in [6.45, 7) is 2.59. The summed E-state index contributed by atoms with van der Waals surface area (Å²) in [6, 6.07) is 8.86. The molecule has 9 heteroatoms. The number of rotatable bonds is 4. The van der Waals surface area contributed by atoms with E-state index in [-0.39, 0.29) is 11.9 Å². The van der Waals surface area contributed by atoms with Crippen molar-refractivity contribution in [1.29, 1.82) is 5.26 Å². The topological polar surface area (TPSA) is 75.2 Å². The molecule has 1 unspecified atom stereocenters. The van der Waals surface area contributed by atoms with Crippen LogP contribution < -0.4 is 0 Å². The number of alkyl halides is 3. The first-order valence-electron chi connectivity index (χ1n) is 7.21. The number of nitrogens with zero attached hydrogens (tertiary/aromatic N) is 4. The van der Waals surface area contributed by atoms with Gasteiger partial charge in [0.2, 0.25) is 5.82 Å². The number of morpholine rings is 1. The lowest BCUT2D eigenvalue weighted by atomic mass is 10.0. The van der Waals surface area contributed by atoms with Crippen LogP contribution in [0.2, 0.25) is 0 Å². The lowest BCUT2D eigenvalue weighted by molar-refractivity contribution is 0.0266. The van der Waals surface area contributed by atoms with Crippen molar-refractivity contribution in [2.24, 2.45) is 0 Å². The predicted molar refractivity (Wildman–Crippen MR) is 88.4 cm³/mol. The maximum absolute atomic E-state index is 13.1. The second-order valence-electron chi connectivity index (χ2n) is 5.22. The van der Waals surface area contributed by atoms with Crippen LogP contribution in [0.15, 0.2) is 28.8 Å². The van der Waals surface area contributed by atoms with Gasteiger partial charge in [0.15, 0.2) is 0 Å². The smallest absolute Gasteiger partial charge is 0.373 e. The molecule has 24 heavy (non-hydrogen) atoms. The minimum Gasteiger partial charge on any atom is -0.379 e. The molecule has 6 nitrogen and oxygen atoms in total. The SMILES string of the molecule is N#CC(c1ccc(-c2noc(C(F)(F)I)n2)cc1)N1CCOCC1. The number of nitriles is 1. The predicted octanol–water partition coefficient (Wildman–Crippen LogP) is 3.12. The van der Waals surface area contributed by atoms with Gasteiger partial charge < -0.3 is 9.26 Å². The zero-order chi connectivity index (χ0) is 17.2. The fraction of sp³-hybridized carbons (Fsp3) is 0.400. The molecule has 0 amide bonds. The fourth-order valence-electron chi connectivity index (χ4n) is 2.47. The van der Waals surface area contributed by atoms with Gasteiger partial charge in [-0.25, -0.2) is 0 Å². The van der Waals surface area contributed by atoms with Gasteiger partial charge in [0.1, 0.15) is 6.04 Å². The van der Waals surface area contributed by atoms with Crippen LogP contribution in [-0.2, 0) is 8.67 Å². The molecular weight excluding hydrogens is 433 g/mol. The largest absolute Gasteiger partial charge is 0.379 e. The number of hydrogen-bond acceptors (Lipinski definition) is 6. The van der Waals surface area contributed by atoms with Gasteiger partial charge in [0.25, 0.3) is 0 Å². The molecule has 0 saturated carbocycles. The van der Waals surface area contributed by atoms with Gasteiger partial charge in [0, 0.05) is 41.2 Å². The fourth-order valence-corrected chi connectivity index (χ4v) is 2.69. The normalized spacial score (nSPS) is 17.4. The monoisotopic (exact) mass is 446 g/mol. The first-order chi connectivity index (χ1) is 11.5. The van der Waals surface area contributed by atoms with Gasteiger partial charge in [-0.05, 0) is 5.56 Å². The highest BCUT2D eigenvalue weighted by molar-refractivity contribution is 14.1. The second-order valence-corrected chi connectivity index (χ2v) is 6.58. The second kappa shape index (κ2) is 7.08. The molecule has 2 aromatic rings. The van der Waals surface area contributed by atoms with Gasteiger partial charge >= 0.3 is 9.82 Å². The van der Waals surface area contributed by atoms with E-state index in [9.17, 15) is 14.0 Å². The Morgan fingerprint density at radius 3 is 2.46 bits per heavy atom. The molecule has 126 valence electrons. The number of aromatic nitrogens is 2. The van der Waals surface area contributed by atoms with Gasteiger partial charge in [-0.1, -0.05) is 29.4 Å². The van der Waals surface area contributed by atoms with Gasteiger partial charge in [-0.2, -0.15) is 19.0 Å². The van der Waals surface area contributed by atoms with Crippen LogP contribution in [0.5, 0.6) is 0 Å². The van der Waals surface area contributed by atoms with E-state index < -0.39 is 9.82 Å². The van der Waals surface area contributed by atoms with E-state index in [0.717, 1.165) is 28.2 Å². The zero-order valence-corrected chi connectivity index (χ0v) is 14.6. The Labute approximate surface area is 150 Å². The molecule has 1 aromatic heterocycles. The summed E-state index contributed by atoms with van der Waals surface area (Å²) < 4.78 is 33.0. The van der Waals surface area contributed by atoms with E-state index in [1.807, 2.05) is 4.90 Å². The summed E-state index contributed by atoms with van der Waals surface area (Å²) in [5.74, 6) is -0.641. The molecule has 0 bridgehead atoms. The molecule has 0 aliphatic carbocycles. The van der Waals surface area contributed by atoms with Crippen LogP contribution in [0.25, 0.3) is 11.4 Å². The van der Waals surface area contributed by atoms with Crippen molar-refractivity contribution in [3.8, 4) is 17.5 Å². The van der Waals surface area contributed by atoms with Crippen LogP contribution in [0.4, 0.5) is 8.78 Å². The quantitative estimate of drug-likeness (QED) is 0.531. The van der Waals surface area contributed by atoms with Gasteiger partial charge in [0.05, 0.1) is 19.3 Å². The highest BCUT2D eigenvalue weighted by Crippen LogP contribution is 2.35. The van der Waals surface area contributed by atoms with Crippen molar-refractivity contribution in [2.75, 3.05) is 26.3 Å². The molecule has 3 rings (SSSR count). The summed E-state index contributed by atoms with van der Waals surface area (Å²) in [4.78, 5) is 5.75. The average Bonchev–Trinajstić information content (AvgIpc) is 3.08. The van der Waals surface area contributed by atoms with E-state index in [1.54, 1.807) is 24.3 Å². The molecule has 1 aromatic carbocycles. The molecule has 0 spiro atoms. The molecule has 2 heterocycles. The van der Waals surface area contributed by atoms with E-state index >= 15 is 0 Å². The minimum absolute atomic E-state index is 0.0905. The van der Waals surface area contributed by atoms with Crippen molar-refractivity contribution in [3.63, 3.8) is 0 Å². The third-order valence-corrected chi connectivity index (χ3v) is 4.15. The first kappa shape index (κ1) is 17.2. The minimum atomic E-state index is -3.20. The number of halogens is 3. The lowest BCUT2D eigenvalue weighted by Crippen LogP contribution is -2.38. The molecule has 1 saturated heterocycles. The van der Waals surface area contributed by atoms with Crippen molar-refractivity contribution in [3.05, 3.63) is 35.7 Å². The van der Waals surface area contributed by atoms with Crippen molar-refractivity contribution < 1.29 is 18.0 Å². The van der Waals surface area contributed by atoms with Gasteiger partial charge in [-0.3, -0.25) is 4.90 Å². The number of hydrogen-bond donors (Lipinski definition) is 0. The summed E-state index contributed by atoms with van der Waals surface area (Å²) in [5, 5.41) is 13.0. The van der Waals surface area contributed by atoms with E-state index in [0.29, 0.717) is 31.9 Å². The van der Waals surface area contributed by atoms with Crippen molar-refractivity contribution in [1.82, 2.24) is 15.0 Å². The van der Waals surface area contributed by atoms with Crippen LogP contribution in [0, 0.1) is 11.3 Å². The van der Waals surface area contributed by atoms with Crippen molar-refractivity contribution in [2.45, 2.75) is 9.97 Å². The van der Waals surface area contributed by atoms with Gasteiger partial charge in [-0.15, -0.1) is 0 Å². The lowest BCUT2D eigenvalue weighted by Gasteiger charge is -2.30. The summed E-state index contributed by atoms with van der Waals surface area (Å²) in [6.07, 6.45) is 0. The number of ether oxygens (including phenoxy) is 1. The Morgan fingerprint density at radius 1 is 1.25 bits per heavy atom. The maximum Gasteiger partial charge on any atom is 0.373 e. The van der Waals surface area contributed by atoms with E-state index in [2.05, 4.69) is 20.7 Å². The molecule has 0 radical (unpaired) electrons. The average molecular weight is 446 g/mol. The first-order valence-corrected chi connectivity index (χ1v) is 8.29. The highest BCUT2D eigenvalue weighted by atomic mass is 127. The molecule has 1 atom stereocenters. The summed E-state index contributed by atoms with van der Waals surface area (Å²) in [5.41, 5.74) is 1.37. The highest BCUT2D eigenvalue weighted by Gasteiger charge is 2.34. The summed E-state index contributed by atoms with van der Waals surface area (Å²) in [7, 11) is 0. The maximum atomic E-state index is 13.1. The molecular formula is C15H13F2IN4O2. The zero-order valence-electron chi connectivity index (χ0n) is 12.5. The Hall–Kier alpha value is -1.64. The van der Waals surface area contributed by atoms with Crippen LogP contribution in [-0.4, -0.2) is 41.3 Å². The van der Waals surface area contributed by atoms with E-state index in [1.165, 1.54) is 0 Å². The third-order valence-electron chi connectivity index (χ3n) is 3.69. The molecule has 1 fully saturated rings.